The van der Waals surface area contributed by atoms with Crippen LogP contribution in [0.4, 0.5) is 0 Å². The van der Waals surface area contributed by atoms with Crippen LogP contribution in [0.2, 0.25) is 0 Å². The van der Waals surface area contributed by atoms with Crippen LogP contribution < -0.4 is 0 Å². The third-order valence-corrected chi connectivity index (χ3v) is 4.18. The van der Waals surface area contributed by atoms with Crippen LogP contribution >= 0.6 is 31.9 Å². The van der Waals surface area contributed by atoms with E-state index in [-0.39, 0.29) is 0 Å². The second-order valence-electron chi connectivity index (χ2n) is 3.56. The van der Waals surface area contributed by atoms with Gasteiger partial charge in [0.05, 0.1) is 0 Å². The van der Waals surface area contributed by atoms with E-state index in [2.05, 4.69) is 57.0 Å². The highest BCUT2D eigenvalue weighted by atomic mass is 79.9. The molecule has 0 radical (unpaired) electrons. The first-order valence-electron chi connectivity index (χ1n) is 5.18. The van der Waals surface area contributed by atoms with Crippen LogP contribution in [0, 0.1) is 0 Å². The van der Waals surface area contributed by atoms with Gasteiger partial charge in [-0.15, -0.1) is 0 Å². The standard InChI is InChI=1S/C12H16Br2/c1-2-3-4-5-6-10-7-8-11(13)12(14)9-10/h7-9H,2-6H2,1H3. The highest BCUT2D eigenvalue weighted by Gasteiger charge is 1.98. The zero-order valence-electron chi connectivity index (χ0n) is 8.52. The monoisotopic (exact) mass is 318 g/mol. The lowest BCUT2D eigenvalue weighted by Gasteiger charge is -2.03. The van der Waals surface area contributed by atoms with Crippen molar-refractivity contribution in [1.29, 1.82) is 0 Å². The first kappa shape index (κ1) is 12.3. The number of aryl methyl sites for hydroxylation is 1. The fraction of sp³-hybridized carbons (Fsp3) is 0.500. The minimum Gasteiger partial charge on any atom is -0.0654 e. The van der Waals surface area contributed by atoms with E-state index in [0.29, 0.717) is 0 Å². The van der Waals surface area contributed by atoms with Gasteiger partial charge >= 0.3 is 0 Å². The first-order chi connectivity index (χ1) is 6.74. The minimum atomic E-state index is 1.13. The molecular weight excluding hydrogens is 304 g/mol. The summed E-state index contributed by atoms with van der Waals surface area (Å²) in [5.41, 5.74) is 1.43. The molecule has 0 nitrogen and oxygen atoms in total. The normalized spacial score (nSPS) is 10.5. The van der Waals surface area contributed by atoms with Crippen LogP contribution in [0.5, 0.6) is 0 Å². The zero-order valence-corrected chi connectivity index (χ0v) is 11.7. The summed E-state index contributed by atoms with van der Waals surface area (Å²) in [5.74, 6) is 0. The molecule has 0 aromatic heterocycles. The Bertz CT molecular complexity index is 282. The number of halogens is 2. The smallest absolute Gasteiger partial charge is 0.0320 e. The molecule has 0 atom stereocenters. The Balaban J connectivity index is 2.39. The lowest BCUT2D eigenvalue weighted by atomic mass is 10.1. The largest absolute Gasteiger partial charge is 0.0654 e. The van der Waals surface area contributed by atoms with E-state index in [9.17, 15) is 0 Å². The predicted octanol–water partition coefficient (Wildman–Crippen LogP) is 5.33. The van der Waals surface area contributed by atoms with Crippen molar-refractivity contribution in [1.82, 2.24) is 0 Å². The summed E-state index contributed by atoms with van der Waals surface area (Å²) in [7, 11) is 0. The number of benzene rings is 1. The molecule has 0 unspecified atom stereocenters. The molecule has 78 valence electrons. The molecule has 0 spiro atoms. The maximum Gasteiger partial charge on any atom is 0.0320 e. The molecule has 1 aromatic carbocycles. The van der Waals surface area contributed by atoms with Gasteiger partial charge in [-0.05, 0) is 62.4 Å². The van der Waals surface area contributed by atoms with Crippen molar-refractivity contribution >= 4 is 31.9 Å². The van der Waals surface area contributed by atoms with Gasteiger partial charge in [0.25, 0.3) is 0 Å². The van der Waals surface area contributed by atoms with Crippen molar-refractivity contribution in [2.24, 2.45) is 0 Å². The Morgan fingerprint density at radius 2 is 1.79 bits per heavy atom. The van der Waals surface area contributed by atoms with E-state index in [1.807, 2.05) is 0 Å². The number of unbranched alkanes of at least 4 members (excludes halogenated alkanes) is 3. The van der Waals surface area contributed by atoms with Gasteiger partial charge in [-0.25, -0.2) is 0 Å². The van der Waals surface area contributed by atoms with Crippen molar-refractivity contribution in [3.8, 4) is 0 Å². The van der Waals surface area contributed by atoms with E-state index < -0.39 is 0 Å². The maximum absolute atomic E-state index is 3.52. The molecule has 0 N–H and O–H groups in total. The average Bonchev–Trinajstić information content (AvgIpc) is 2.18. The highest BCUT2D eigenvalue weighted by Crippen LogP contribution is 2.24. The van der Waals surface area contributed by atoms with Crippen LogP contribution in [0.1, 0.15) is 38.2 Å². The topological polar surface area (TPSA) is 0 Å². The molecular formula is C12H16Br2. The lowest BCUT2D eigenvalue weighted by molar-refractivity contribution is 0.667. The maximum atomic E-state index is 3.52. The van der Waals surface area contributed by atoms with Gasteiger partial charge in [0.15, 0.2) is 0 Å². The van der Waals surface area contributed by atoms with E-state index in [1.54, 1.807) is 0 Å². The second kappa shape index (κ2) is 6.62. The van der Waals surface area contributed by atoms with Crippen LogP contribution in [-0.2, 0) is 6.42 Å². The molecule has 0 saturated carbocycles. The third-order valence-electron chi connectivity index (χ3n) is 2.30. The average molecular weight is 320 g/mol. The van der Waals surface area contributed by atoms with Crippen LogP contribution in [0.3, 0.4) is 0 Å². The van der Waals surface area contributed by atoms with E-state index in [4.69, 9.17) is 0 Å². The van der Waals surface area contributed by atoms with Crippen molar-refractivity contribution in [3.63, 3.8) is 0 Å². The molecule has 0 saturated heterocycles. The van der Waals surface area contributed by atoms with Crippen molar-refractivity contribution in [3.05, 3.63) is 32.7 Å². The molecule has 0 aliphatic carbocycles. The van der Waals surface area contributed by atoms with E-state index >= 15 is 0 Å². The van der Waals surface area contributed by atoms with Gasteiger partial charge < -0.3 is 0 Å². The van der Waals surface area contributed by atoms with Crippen LogP contribution in [0.25, 0.3) is 0 Å². The SMILES string of the molecule is CCCCCCc1ccc(Br)c(Br)c1. The summed E-state index contributed by atoms with van der Waals surface area (Å²) in [6.07, 6.45) is 6.53. The molecule has 2 heteroatoms. The van der Waals surface area contributed by atoms with Gasteiger partial charge in [-0.1, -0.05) is 32.3 Å². The summed E-state index contributed by atoms with van der Waals surface area (Å²) < 4.78 is 2.29. The van der Waals surface area contributed by atoms with Crippen molar-refractivity contribution < 1.29 is 0 Å². The Kier molecular flexibility index (Phi) is 5.80. The van der Waals surface area contributed by atoms with Crippen molar-refractivity contribution in [2.75, 3.05) is 0 Å². The minimum absolute atomic E-state index is 1.13. The molecule has 1 rings (SSSR count). The summed E-state index contributed by atoms with van der Waals surface area (Å²) in [4.78, 5) is 0. The van der Waals surface area contributed by atoms with Crippen LogP contribution in [-0.4, -0.2) is 0 Å². The molecule has 0 amide bonds. The first-order valence-corrected chi connectivity index (χ1v) is 6.76. The Morgan fingerprint density at radius 1 is 1.00 bits per heavy atom. The highest BCUT2D eigenvalue weighted by molar-refractivity contribution is 9.13. The Morgan fingerprint density at radius 3 is 2.43 bits per heavy atom. The predicted molar refractivity (Wildman–Crippen MR) is 69.7 cm³/mol. The zero-order chi connectivity index (χ0) is 10.4. The molecule has 1 aromatic rings. The molecule has 0 fully saturated rings. The number of hydrogen-bond acceptors (Lipinski definition) is 0. The van der Waals surface area contributed by atoms with E-state index in [1.165, 1.54) is 37.7 Å². The van der Waals surface area contributed by atoms with Gasteiger partial charge in [0.2, 0.25) is 0 Å². The molecule has 0 aliphatic rings. The summed E-state index contributed by atoms with van der Waals surface area (Å²) in [6.45, 7) is 2.25. The number of hydrogen-bond donors (Lipinski definition) is 0. The summed E-state index contributed by atoms with van der Waals surface area (Å²) in [6, 6.07) is 6.51. The third kappa shape index (κ3) is 4.14. The fourth-order valence-electron chi connectivity index (χ4n) is 1.45. The number of rotatable bonds is 5. The van der Waals surface area contributed by atoms with Crippen molar-refractivity contribution in [2.45, 2.75) is 39.0 Å². The molecule has 14 heavy (non-hydrogen) atoms. The molecule has 0 aliphatic heterocycles. The summed E-state index contributed by atoms with van der Waals surface area (Å²) in [5, 5.41) is 0. The quantitative estimate of drug-likeness (QED) is 0.643. The summed E-state index contributed by atoms with van der Waals surface area (Å²) >= 11 is 7.00. The molecule has 0 bridgehead atoms. The lowest BCUT2D eigenvalue weighted by Crippen LogP contribution is -1.86. The van der Waals surface area contributed by atoms with Gasteiger partial charge in [-0.2, -0.15) is 0 Å². The van der Waals surface area contributed by atoms with Gasteiger partial charge in [0, 0.05) is 8.95 Å². The van der Waals surface area contributed by atoms with Crippen LogP contribution in [0.15, 0.2) is 27.1 Å². The van der Waals surface area contributed by atoms with Gasteiger partial charge in [0.1, 0.15) is 0 Å². The van der Waals surface area contributed by atoms with Gasteiger partial charge in [-0.3, -0.25) is 0 Å². The second-order valence-corrected chi connectivity index (χ2v) is 5.27. The fourth-order valence-corrected chi connectivity index (χ4v) is 2.12. The Hall–Kier alpha value is 0.180. The molecule has 0 heterocycles. The van der Waals surface area contributed by atoms with E-state index in [0.717, 1.165) is 8.95 Å². The Labute approximate surface area is 103 Å².